The molecule has 1 aliphatic rings. The van der Waals surface area contributed by atoms with E-state index < -0.39 is 0 Å². The van der Waals surface area contributed by atoms with Gasteiger partial charge in [-0.25, -0.2) is 4.79 Å². The van der Waals surface area contributed by atoms with E-state index in [0.717, 1.165) is 38.9 Å². The van der Waals surface area contributed by atoms with E-state index in [1.807, 2.05) is 11.8 Å². The zero-order valence-electron chi connectivity index (χ0n) is 10.8. The van der Waals surface area contributed by atoms with Gasteiger partial charge in [0.15, 0.2) is 0 Å². The topological polar surface area (TPSA) is 35.6 Å². The number of carbonyl (C=O) groups is 1. The molecule has 1 saturated carbocycles. The Labute approximate surface area is 99.0 Å². The molecule has 4 nitrogen and oxygen atoms in total. The second kappa shape index (κ2) is 6.74. The summed E-state index contributed by atoms with van der Waals surface area (Å²) in [6, 6.07) is 0.557. The highest BCUT2D eigenvalue weighted by molar-refractivity contribution is 5.74. The van der Waals surface area contributed by atoms with Crippen molar-refractivity contribution >= 4 is 6.03 Å². The molecular formula is C12H25N3O. The maximum Gasteiger partial charge on any atom is 0.317 e. The van der Waals surface area contributed by atoms with Crippen LogP contribution in [-0.4, -0.2) is 55.6 Å². The van der Waals surface area contributed by atoms with E-state index >= 15 is 0 Å². The van der Waals surface area contributed by atoms with Crippen molar-refractivity contribution in [3.8, 4) is 0 Å². The lowest BCUT2D eigenvalue weighted by molar-refractivity contribution is 0.186. The van der Waals surface area contributed by atoms with Gasteiger partial charge in [0.25, 0.3) is 0 Å². The summed E-state index contributed by atoms with van der Waals surface area (Å²) in [4.78, 5) is 15.9. The van der Waals surface area contributed by atoms with Crippen LogP contribution in [0.1, 0.15) is 32.6 Å². The van der Waals surface area contributed by atoms with Gasteiger partial charge >= 0.3 is 6.03 Å². The lowest BCUT2D eigenvalue weighted by Gasteiger charge is -2.30. The molecule has 0 heterocycles. The Balaban J connectivity index is 2.20. The Kier molecular flexibility index (Phi) is 5.60. The summed E-state index contributed by atoms with van der Waals surface area (Å²) >= 11 is 0. The average Bonchev–Trinajstić information content (AvgIpc) is 2.17. The number of carbonyl (C=O) groups excluding carboxylic acids is 1. The third kappa shape index (κ3) is 4.39. The van der Waals surface area contributed by atoms with E-state index in [4.69, 9.17) is 0 Å². The lowest BCUT2D eigenvalue weighted by atomic mass is 9.93. The number of nitrogens with one attached hydrogen (secondary N) is 1. The molecule has 0 bridgehead atoms. The van der Waals surface area contributed by atoms with E-state index in [1.54, 1.807) is 0 Å². The highest BCUT2D eigenvalue weighted by Crippen LogP contribution is 2.18. The van der Waals surface area contributed by atoms with Gasteiger partial charge in [0.2, 0.25) is 0 Å². The van der Waals surface area contributed by atoms with Crippen LogP contribution in [0.25, 0.3) is 0 Å². The highest BCUT2D eigenvalue weighted by atomic mass is 16.2. The average molecular weight is 227 g/mol. The van der Waals surface area contributed by atoms with Gasteiger partial charge in [-0.15, -0.1) is 0 Å². The molecule has 94 valence electrons. The normalized spacial score (nSPS) is 16.0. The SMILES string of the molecule is CCN(CCCN(C)C)C(=O)NC1CCC1. The molecule has 16 heavy (non-hydrogen) atoms. The predicted octanol–water partition coefficient (Wildman–Crippen LogP) is 1.52. The summed E-state index contributed by atoms with van der Waals surface area (Å²) < 4.78 is 0. The smallest absolute Gasteiger partial charge is 0.317 e. The van der Waals surface area contributed by atoms with E-state index in [1.165, 1.54) is 6.42 Å². The molecule has 0 aromatic rings. The van der Waals surface area contributed by atoms with Gasteiger partial charge < -0.3 is 15.1 Å². The molecule has 1 fully saturated rings. The van der Waals surface area contributed by atoms with Crippen LogP contribution in [0.4, 0.5) is 4.79 Å². The van der Waals surface area contributed by atoms with Crippen molar-refractivity contribution in [2.75, 3.05) is 33.7 Å². The number of amides is 2. The van der Waals surface area contributed by atoms with Crippen LogP contribution in [0.3, 0.4) is 0 Å². The fourth-order valence-corrected chi connectivity index (χ4v) is 1.80. The van der Waals surface area contributed by atoms with Crippen LogP contribution >= 0.6 is 0 Å². The highest BCUT2D eigenvalue weighted by Gasteiger charge is 2.21. The summed E-state index contributed by atoms with van der Waals surface area (Å²) in [6.45, 7) is 4.72. The first-order valence-corrected chi connectivity index (χ1v) is 6.33. The molecule has 1 N–H and O–H groups in total. The maximum atomic E-state index is 11.9. The van der Waals surface area contributed by atoms with Crippen molar-refractivity contribution in [1.82, 2.24) is 15.1 Å². The van der Waals surface area contributed by atoms with Crippen molar-refractivity contribution in [3.63, 3.8) is 0 Å². The minimum absolute atomic E-state index is 0.117. The fraction of sp³-hybridized carbons (Fsp3) is 0.917. The van der Waals surface area contributed by atoms with Gasteiger partial charge in [-0.3, -0.25) is 0 Å². The van der Waals surface area contributed by atoms with Gasteiger partial charge in [0.1, 0.15) is 0 Å². The first kappa shape index (κ1) is 13.3. The number of urea groups is 1. The number of hydrogen-bond acceptors (Lipinski definition) is 2. The predicted molar refractivity (Wildman–Crippen MR) is 66.6 cm³/mol. The molecular weight excluding hydrogens is 202 g/mol. The molecule has 0 unspecified atom stereocenters. The second-order valence-corrected chi connectivity index (χ2v) is 4.81. The van der Waals surface area contributed by atoms with Crippen molar-refractivity contribution in [2.45, 2.75) is 38.6 Å². The number of hydrogen-bond donors (Lipinski definition) is 1. The van der Waals surface area contributed by atoms with Crippen LogP contribution in [0, 0.1) is 0 Å². The van der Waals surface area contributed by atoms with Crippen LogP contribution < -0.4 is 5.32 Å². The molecule has 0 radical (unpaired) electrons. The third-order valence-electron chi connectivity index (χ3n) is 3.14. The maximum absolute atomic E-state index is 11.9. The molecule has 0 aromatic heterocycles. The summed E-state index contributed by atoms with van der Waals surface area (Å²) in [5.74, 6) is 0. The van der Waals surface area contributed by atoms with E-state index in [9.17, 15) is 4.79 Å². The Morgan fingerprint density at radius 3 is 2.44 bits per heavy atom. The van der Waals surface area contributed by atoms with Gasteiger partial charge in [0, 0.05) is 19.1 Å². The molecule has 0 aliphatic heterocycles. The van der Waals surface area contributed by atoms with Crippen LogP contribution in [0.2, 0.25) is 0 Å². The lowest BCUT2D eigenvalue weighted by Crippen LogP contribution is -2.47. The Hall–Kier alpha value is -0.770. The summed E-state index contributed by atoms with van der Waals surface area (Å²) in [6.07, 6.45) is 4.61. The standard InChI is InChI=1S/C12H25N3O/c1-4-15(10-6-9-14(2)3)12(16)13-11-7-5-8-11/h11H,4-10H2,1-3H3,(H,13,16). The monoisotopic (exact) mass is 227 g/mol. The minimum Gasteiger partial charge on any atom is -0.335 e. The molecule has 0 atom stereocenters. The number of rotatable bonds is 6. The van der Waals surface area contributed by atoms with Gasteiger partial charge in [0.05, 0.1) is 0 Å². The molecule has 1 rings (SSSR count). The van der Waals surface area contributed by atoms with Crippen LogP contribution in [-0.2, 0) is 0 Å². The molecule has 0 spiro atoms. The van der Waals surface area contributed by atoms with Gasteiger partial charge in [-0.05, 0) is 53.2 Å². The van der Waals surface area contributed by atoms with E-state index in [2.05, 4.69) is 24.3 Å². The van der Waals surface area contributed by atoms with Crippen molar-refractivity contribution in [3.05, 3.63) is 0 Å². The van der Waals surface area contributed by atoms with Crippen molar-refractivity contribution < 1.29 is 4.79 Å². The van der Waals surface area contributed by atoms with Crippen LogP contribution in [0.5, 0.6) is 0 Å². The van der Waals surface area contributed by atoms with Crippen molar-refractivity contribution in [1.29, 1.82) is 0 Å². The van der Waals surface area contributed by atoms with Crippen LogP contribution in [0.15, 0.2) is 0 Å². The zero-order chi connectivity index (χ0) is 12.0. The molecule has 0 saturated heterocycles. The molecule has 4 heteroatoms. The fourth-order valence-electron chi connectivity index (χ4n) is 1.80. The number of nitrogens with zero attached hydrogens (tertiary/aromatic N) is 2. The largest absolute Gasteiger partial charge is 0.335 e. The van der Waals surface area contributed by atoms with Gasteiger partial charge in [-0.2, -0.15) is 0 Å². The third-order valence-corrected chi connectivity index (χ3v) is 3.14. The zero-order valence-corrected chi connectivity index (χ0v) is 10.8. The summed E-state index contributed by atoms with van der Waals surface area (Å²) in [5, 5.41) is 3.08. The van der Waals surface area contributed by atoms with Gasteiger partial charge in [-0.1, -0.05) is 0 Å². The van der Waals surface area contributed by atoms with E-state index in [0.29, 0.717) is 6.04 Å². The Morgan fingerprint density at radius 1 is 1.31 bits per heavy atom. The molecule has 2 amide bonds. The van der Waals surface area contributed by atoms with E-state index in [-0.39, 0.29) is 6.03 Å². The minimum atomic E-state index is 0.117. The quantitative estimate of drug-likeness (QED) is 0.747. The Morgan fingerprint density at radius 2 is 2.00 bits per heavy atom. The molecule has 0 aromatic carbocycles. The summed E-state index contributed by atoms with van der Waals surface area (Å²) in [5.41, 5.74) is 0. The Bertz CT molecular complexity index is 214. The first-order valence-electron chi connectivity index (χ1n) is 6.33. The second-order valence-electron chi connectivity index (χ2n) is 4.81. The first-order chi connectivity index (χ1) is 7.63. The van der Waals surface area contributed by atoms with Crippen molar-refractivity contribution in [2.24, 2.45) is 0 Å². The molecule has 1 aliphatic carbocycles. The summed E-state index contributed by atoms with van der Waals surface area (Å²) in [7, 11) is 4.12.